The Hall–Kier alpha value is -1.53. The van der Waals surface area contributed by atoms with Gasteiger partial charge in [-0.25, -0.2) is 4.98 Å². The van der Waals surface area contributed by atoms with Gasteiger partial charge in [0.1, 0.15) is 5.69 Å². The molecule has 1 amide bonds. The lowest BCUT2D eigenvalue weighted by Crippen LogP contribution is -2.36. The van der Waals surface area contributed by atoms with Gasteiger partial charge < -0.3 is 10.6 Å². The number of nitrogens with one attached hydrogen (secondary N) is 2. The molecule has 1 saturated heterocycles. The van der Waals surface area contributed by atoms with Crippen LogP contribution in [-0.4, -0.2) is 35.0 Å². The van der Waals surface area contributed by atoms with Crippen LogP contribution in [0.2, 0.25) is 0 Å². The van der Waals surface area contributed by atoms with E-state index in [9.17, 15) is 4.79 Å². The lowest BCUT2D eigenvalue weighted by atomic mass is 10.2. The first kappa shape index (κ1) is 12.5. The van der Waals surface area contributed by atoms with Crippen LogP contribution in [0, 0.1) is 0 Å². The number of hydrogen-bond donors (Lipinski definition) is 2. The van der Waals surface area contributed by atoms with Crippen molar-refractivity contribution in [3.8, 4) is 0 Å². The molecule has 0 aromatic carbocycles. The SMILES string of the molecule is O=C(N[C@H]1CCNC1)c1ccc2cncc(Br)c2n1. The number of halogens is 1. The Morgan fingerprint density at radius 1 is 1.42 bits per heavy atom. The molecule has 3 rings (SSSR count). The van der Waals surface area contributed by atoms with Gasteiger partial charge in [-0.2, -0.15) is 0 Å². The van der Waals surface area contributed by atoms with Crippen LogP contribution in [0.4, 0.5) is 0 Å². The second-order valence-electron chi connectivity index (χ2n) is 4.55. The zero-order chi connectivity index (χ0) is 13.2. The minimum atomic E-state index is -0.126. The van der Waals surface area contributed by atoms with E-state index in [0.717, 1.165) is 34.9 Å². The van der Waals surface area contributed by atoms with Crippen molar-refractivity contribution >= 4 is 32.7 Å². The van der Waals surface area contributed by atoms with Gasteiger partial charge >= 0.3 is 0 Å². The van der Waals surface area contributed by atoms with E-state index in [-0.39, 0.29) is 11.9 Å². The van der Waals surface area contributed by atoms with E-state index in [2.05, 4.69) is 36.5 Å². The first-order valence-corrected chi connectivity index (χ1v) is 6.95. The van der Waals surface area contributed by atoms with E-state index in [0.29, 0.717) is 5.69 Å². The number of carbonyl (C=O) groups is 1. The van der Waals surface area contributed by atoms with E-state index in [1.807, 2.05) is 6.07 Å². The van der Waals surface area contributed by atoms with Crippen LogP contribution < -0.4 is 10.6 Å². The van der Waals surface area contributed by atoms with Gasteiger partial charge in [-0.1, -0.05) is 0 Å². The fraction of sp³-hybridized carbons (Fsp3) is 0.308. The van der Waals surface area contributed by atoms with Crippen LogP contribution in [0.5, 0.6) is 0 Å². The van der Waals surface area contributed by atoms with Gasteiger partial charge in [0.2, 0.25) is 0 Å². The van der Waals surface area contributed by atoms with Crippen molar-refractivity contribution < 1.29 is 4.79 Å². The molecule has 1 aliphatic heterocycles. The third-order valence-corrected chi connectivity index (χ3v) is 3.76. The van der Waals surface area contributed by atoms with Crippen LogP contribution in [-0.2, 0) is 0 Å². The highest BCUT2D eigenvalue weighted by Gasteiger charge is 2.18. The standard InChI is InChI=1S/C13H13BrN4O/c14-10-7-16-5-8-1-2-11(18-12(8)10)13(19)17-9-3-4-15-6-9/h1-2,5,7,9,15H,3-4,6H2,(H,17,19)/t9-/m0/s1. The molecule has 0 saturated carbocycles. The van der Waals surface area contributed by atoms with E-state index >= 15 is 0 Å². The number of rotatable bonds is 2. The highest BCUT2D eigenvalue weighted by atomic mass is 79.9. The smallest absolute Gasteiger partial charge is 0.270 e. The van der Waals surface area contributed by atoms with Crippen molar-refractivity contribution in [2.75, 3.05) is 13.1 Å². The summed E-state index contributed by atoms with van der Waals surface area (Å²) in [5, 5.41) is 7.11. The normalized spacial score (nSPS) is 18.7. The number of nitrogens with zero attached hydrogens (tertiary/aromatic N) is 2. The summed E-state index contributed by atoms with van der Waals surface area (Å²) in [6, 6.07) is 3.79. The maximum absolute atomic E-state index is 12.1. The quantitative estimate of drug-likeness (QED) is 0.879. The van der Waals surface area contributed by atoms with E-state index in [1.54, 1.807) is 18.5 Å². The summed E-state index contributed by atoms with van der Waals surface area (Å²) < 4.78 is 0.794. The summed E-state index contributed by atoms with van der Waals surface area (Å²) >= 11 is 3.40. The molecule has 0 aliphatic carbocycles. The van der Waals surface area contributed by atoms with Gasteiger partial charge in [-0.3, -0.25) is 9.78 Å². The van der Waals surface area contributed by atoms with Crippen molar-refractivity contribution in [2.45, 2.75) is 12.5 Å². The number of fused-ring (bicyclic) bond motifs is 1. The molecular formula is C13H13BrN4O. The molecule has 1 aliphatic rings. The fourth-order valence-corrected chi connectivity index (χ4v) is 2.61. The molecular weight excluding hydrogens is 308 g/mol. The number of amides is 1. The van der Waals surface area contributed by atoms with Gasteiger partial charge in [0.05, 0.1) is 9.99 Å². The summed E-state index contributed by atoms with van der Waals surface area (Å²) in [6.45, 7) is 1.78. The second-order valence-corrected chi connectivity index (χ2v) is 5.41. The third-order valence-electron chi connectivity index (χ3n) is 3.18. The lowest BCUT2D eigenvalue weighted by molar-refractivity contribution is 0.0935. The highest BCUT2D eigenvalue weighted by molar-refractivity contribution is 9.10. The Morgan fingerprint density at radius 3 is 3.11 bits per heavy atom. The van der Waals surface area contributed by atoms with Crippen molar-refractivity contribution in [1.29, 1.82) is 0 Å². The van der Waals surface area contributed by atoms with Crippen LogP contribution in [0.25, 0.3) is 10.9 Å². The molecule has 2 aromatic heterocycles. The zero-order valence-electron chi connectivity index (χ0n) is 10.2. The van der Waals surface area contributed by atoms with Crippen molar-refractivity contribution in [1.82, 2.24) is 20.6 Å². The Bertz CT molecular complexity index is 625. The Morgan fingerprint density at radius 2 is 2.32 bits per heavy atom. The van der Waals surface area contributed by atoms with Crippen molar-refractivity contribution in [3.05, 3.63) is 34.7 Å². The number of pyridine rings is 2. The summed E-state index contributed by atoms with van der Waals surface area (Å²) in [7, 11) is 0. The summed E-state index contributed by atoms with van der Waals surface area (Å²) in [5.41, 5.74) is 1.19. The minimum Gasteiger partial charge on any atom is -0.347 e. The number of carbonyl (C=O) groups excluding carboxylic acids is 1. The van der Waals surface area contributed by atoms with E-state index in [1.165, 1.54) is 0 Å². The molecule has 0 radical (unpaired) electrons. The predicted octanol–water partition coefficient (Wildman–Crippen LogP) is 1.48. The predicted molar refractivity (Wildman–Crippen MR) is 76.0 cm³/mol. The van der Waals surface area contributed by atoms with E-state index < -0.39 is 0 Å². The van der Waals surface area contributed by atoms with Crippen LogP contribution in [0.15, 0.2) is 29.0 Å². The topological polar surface area (TPSA) is 66.9 Å². The monoisotopic (exact) mass is 320 g/mol. The highest BCUT2D eigenvalue weighted by Crippen LogP contribution is 2.20. The Kier molecular flexibility index (Phi) is 3.44. The van der Waals surface area contributed by atoms with Crippen LogP contribution in [0.3, 0.4) is 0 Å². The molecule has 19 heavy (non-hydrogen) atoms. The summed E-state index contributed by atoms with van der Waals surface area (Å²) in [5.74, 6) is -0.126. The first-order chi connectivity index (χ1) is 9.24. The molecule has 1 fully saturated rings. The lowest BCUT2D eigenvalue weighted by Gasteiger charge is -2.11. The minimum absolute atomic E-state index is 0.126. The average molecular weight is 321 g/mol. The maximum atomic E-state index is 12.1. The van der Waals surface area contributed by atoms with E-state index in [4.69, 9.17) is 0 Å². The third kappa shape index (κ3) is 2.59. The Balaban J connectivity index is 1.87. The number of aromatic nitrogens is 2. The molecule has 1 atom stereocenters. The molecule has 2 N–H and O–H groups in total. The first-order valence-electron chi connectivity index (χ1n) is 6.16. The van der Waals surface area contributed by atoms with Gasteiger partial charge in [-0.15, -0.1) is 0 Å². The molecule has 0 unspecified atom stereocenters. The maximum Gasteiger partial charge on any atom is 0.270 e. The molecule has 5 nitrogen and oxygen atoms in total. The fourth-order valence-electron chi connectivity index (χ4n) is 2.17. The second kappa shape index (κ2) is 5.22. The van der Waals surface area contributed by atoms with Crippen molar-refractivity contribution in [2.24, 2.45) is 0 Å². The van der Waals surface area contributed by atoms with Gasteiger partial charge in [0.15, 0.2) is 0 Å². The van der Waals surface area contributed by atoms with Gasteiger partial charge in [0.25, 0.3) is 5.91 Å². The average Bonchev–Trinajstić information content (AvgIpc) is 2.92. The Labute approximate surface area is 119 Å². The van der Waals surface area contributed by atoms with Gasteiger partial charge in [0, 0.05) is 30.4 Å². The largest absolute Gasteiger partial charge is 0.347 e. The van der Waals surface area contributed by atoms with Crippen LogP contribution >= 0.6 is 15.9 Å². The molecule has 0 spiro atoms. The molecule has 2 aromatic rings. The number of hydrogen-bond acceptors (Lipinski definition) is 4. The molecule has 3 heterocycles. The molecule has 0 bridgehead atoms. The molecule has 98 valence electrons. The summed E-state index contributed by atoms with van der Waals surface area (Å²) in [6.07, 6.45) is 4.38. The van der Waals surface area contributed by atoms with Gasteiger partial charge in [-0.05, 0) is 41.0 Å². The zero-order valence-corrected chi connectivity index (χ0v) is 11.8. The summed E-state index contributed by atoms with van der Waals surface area (Å²) in [4.78, 5) is 20.6. The van der Waals surface area contributed by atoms with Crippen molar-refractivity contribution in [3.63, 3.8) is 0 Å². The molecule has 6 heteroatoms. The van der Waals surface area contributed by atoms with Crippen LogP contribution in [0.1, 0.15) is 16.9 Å².